The molecule has 0 spiro atoms. The normalized spacial score (nSPS) is 22.7. The Morgan fingerprint density at radius 2 is 1.68 bits per heavy atom. The van der Waals surface area contributed by atoms with E-state index in [2.05, 4.69) is 199 Å². The Morgan fingerprint density at radius 1 is 0.943 bits per heavy atom. The predicted molar refractivity (Wildman–Crippen MR) is 232 cm³/mol. The van der Waals surface area contributed by atoms with Crippen LogP contribution in [0.4, 0.5) is 0 Å². The van der Waals surface area contributed by atoms with Crippen molar-refractivity contribution < 1.29 is 4.42 Å². The molecule has 2 unspecified atom stereocenters. The highest BCUT2D eigenvalue weighted by Crippen LogP contribution is 2.45. The number of rotatable bonds is 13. The van der Waals surface area contributed by atoms with Gasteiger partial charge in [-0.05, 0) is 124 Å². The summed E-state index contributed by atoms with van der Waals surface area (Å²) in [5.41, 5.74) is 11.3. The second-order valence-electron chi connectivity index (χ2n) is 17.5. The number of nitrogens with one attached hydrogen (secondary N) is 1. The lowest BCUT2D eigenvalue weighted by Crippen LogP contribution is -2.38. The Labute approximate surface area is 324 Å². The van der Waals surface area contributed by atoms with Crippen LogP contribution in [0.3, 0.4) is 0 Å². The molecule has 53 heavy (non-hydrogen) atoms. The van der Waals surface area contributed by atoms with E-state index in [-0.39, 0.29) is 22.3 Å². The summed E-state index contributed by atoms with van der Waals surface area (Å²) in [5, 5.41) is 3.93. The van der Waals surface area contributed by atoms with Gasteiger partial charge in [0.2, 0.25) is 0 Å². The fourth-order valence-corrected chi connectivity index (χ4v) is 7.44. The van der Waals surface area contributed by atoms with Crippen molar-refractivity contribution in [3.05, 3.63) is 148 Å². The zero-order valence-electron chi connectivity index (χ0n) is 35.4. The first-order valence-corrected chi connectivity index (χ1v) is 20.0. The summed E-state index contributed by atoms with van der Waals surface area (Å²) in [4.78, 5) is 2.38. The molecule has 4 heteroatoms. The summed E-state index contributed by atoms with van der Waals surface area (Å²) in [5.74, 6) is 1.13. The molecular formula is C49H68BN2O. The van der Waals surface area contributed by atoms with Crippen LogP contribution in [0, 0.1) is 5.41 Å². The fourth-order valence-electron chi connectivity index (χ4n) is 7.44. The quantitative estimate of drug-likeness (QED) is 0.163. The summed E-state index contributed by atoms with van der Waals surface area (Å²) < 4.78 is 6.47. The smallest absolute Gasteiger partial charge is 0.198 e. The van der Waals surface area contributed by atoms with Crippen molar-refractivity contribution >= 4 is 12.7 Å². The Balaban J connectivity index is 1.89. The number of fused-ring (bicyclic) bond motifs is 1. The lowest BCUT2D eigenvalue weighted by molar-refractivity contribution is 0.278. The number of nitrogens with zero attached hydrogens (tertiary/aromatic N) is 1. The van der Waals surface area contributed by atoms with E-state index in [1.807, 2.05) is 6.26 Å². The average molecular weight is 712 g/mol. The van der Waals surface area contributed by atoms with Crippen LogP contribution in [0.1, 0.15) is 133 Å². The highest BCUT2D eigenvalue weighted by molar-refractivity contribution is 6.62. The number of allylic oxidation sites excluding steroid dienone is 16. The van der Waals surface area contributed by atoms with Crippen LogP contribution in [0.2, 0.25) is 0 Å². The molecule has 3 aliphatic rings. The summed E-state index contributed by atoms with van der Waals surface area (Å²) in [6.45, 7) is 29.3. The minimum Gasteiger partial charge on any atom is -0.469 e. The first-order valence-electron chi connectivity index (χ1n) is 20.0. The molecule has 0 saturated carbocycles. The molecule has 1 aromatic heterocycles. The van der Waals surface area contributed by atoms with E-state index in [1.54, 1.807) is 0 Å². The van der Waals surface area contributed by atoms with Crippen LogP contribution in [0.15, 0.2) is 141 Å². The van der Waals surface area contributed by atoms with Crippen molar-refractivity contribution in [3.8, 4) is 0 Å². The number of furan rings is 1. The minimum atomic E-state index is 0.00732. The zero-order chi connectivity index (χ0) is 39.0. The van der Waals surface area contributed by atoms with Crippen LogP contribution in [0.5, 0.6) is 0 Å². The highest BCUT2D eigenvalue weighted by Gasteiger charge is 2.41. The lowest BCUT2D eigenvalue weighted by Gasteiger charge is -2.39. The highest BCUT2D eigenvalue weighted by atomic mass is 16.3. The van der Waals surface area contributed by atoms with E-state index in [0.717, 1.165) is 54.7 Å². The van der Waals surface area contributed by atoms with E-state index in [1.165, 1.54) is 33.3 Å². The molecule has 4 rings (SSSR count). The lowest BCUT2D eigenvalue weighted by atomic mass is 9.55. The van der Waals surface area contributed by atoms with Gasteiger partial charge in [0.15, 0.2) is 7.28 Å². The molecule has 0 bridgehead atoms. The second kappa shape index (κ2) is 18.0. The largest absolute Gasteiger partial charge is 0.469 e. The number of hydrogen-bond acceptors (Lipinski definition) is 3. The van der Waals surface area contributed by atoms with E-state index in [4.69, 9.17) is 4.42 Å². The van der Waals surface area contributed by atoms with Crippen molar-refractivity contribution in [2.24, 2.45) is 5.41 Å². The topological polar surface area (TPSA) is 28.4 Å². The maximum absolute atomic E-state index is 6.47. The van der Waals surface area contributed by atoms with Gasteiger partial charge >= 0.3 is 0 Å². The molecule has 0 fully saturated rings. The minimum absolute atomic E-state index is 0.00732. The molecule has 2 atom stereocenters. The third-order valence-electron chi connectivity index (χ3n) is 11.2. The SMILES string of the molecule is C\C=C/C=C(C)/C(C)=C/C([B]c1coc2c1C(C)(C)CCC2(C)C)=C(\C)N(/C=C/C=C(\C=C\C)C(C)(C)C)C1=CC(NC2C=CC(CC)=CC2)CC=C1. The van der Waals surface area contributed by atoms with E-state index < -0.39 is 0 Å². The van der Waals surface area contributed by atoms with Crippen LogP contribution in [0.25, 0.3) is 0 Å². The van der Waals surface area contributed by atoms with Crippen molar-refractivity contribution in [2.45, 2.75) is 145 Å². The Hall–Kier alpha value is -3.76. The van der Waals surface area contributed by atoms with Gasteiger partial charge in [-0.15, -0.1) is 0 Å². The molecule has 0 aliphatic heterocycles. The molecule has 3 aliphatic carbocycles. The van der Waals surface area contributed by atoms with Crippen molar-refractivity contribution in [1.82, 2.24) is 10.2 Å². The zero-order valence-corrected chi connectivity index (χ0v) is 35.4. The molecular weight excluding hydrogens is 643 g/mol. The first kappa shape index (κ1) is 42.0. The third kappa shape index (κ3) is 10.9. The standard InChI is InChI=1S/C49H68BN2O/c1-14-17-21-35(4)36(5)32-43(50-44-34-53-46-45(44)48(10,11)29-30-49(46,12)13)37(6)52(31-19-22-39(20-15-2)47(7,8)9)42-24-18-23-41(33-42)51-40-27-25-38(16-3)26-28-40/h14-15,17-22,24-27,31-34,40-41,51H,16,23,28-30H2,1-13H3/b17-14-,20-15+,31-19+,35-21+,36-32+,39-22+,43-37-. The van der Waals surface area contributed by atoms with Gasteiger partial charge in [-0.1, -0.05) is 133 Å². The van der Waals surface area contributed by atoms with Gasteiger partial charge in [0.25, 0.3) is 0 Å². The monoisotopic (exact) mass is 712 g/mol. The van der Waals surface area contributed by atoms with Crippen molar-refractivity contribution in [2.75, 3.05) is 0 Å². The fraction of sp³-hybridized carbons (Fsp3) is 0.469. The van der Waals surface area contributed by atoms with E-state index in [0.29, 0.717) is 6.04 Å². The maximum atomic E-state index is 6.47. The Bertz CT molecular complexity index is 1800. The molecule has 283 valence electrons. The van der Waals surface area contributed by atoms with Crippen LogP contribution in [-0.4, -0.2) is 24.3 Å². The number of hydrogen-bond donors (Lipinski definition) is 1. The van der Waals surface area contributed by atoms with Crippen LogP contribution < -0.4 is 10.8 Å². The van der Waals surface area contributed by atoms with Crippen molar-refractivity contribution in [3.63, 3.8) is 0 Å². The van der Waals surface area contributed by atoms with Gasteiger partial charge in [0.05, 0.1) is 6.26 Å². The van der Waals surface area contributed by atoms with Gasteiger partial charge in [-0.3, -0.25) is 0 Å². The molecule has 1 N–H and O–H groups in total. The first-order chi connectivity index (χ1) is 25.0. The molecule has 0 saturated heterocycles. The Kier molecular flexibility index (Phi) is 14.3. The molecule has 0 amide bonds. The van der Waals surface area contributed by atoms with Gasteiger partial charge in [0.1, 0.15) is 5.76 Å². The summed E-state index contributed by atoms with van der Waals surface area (Å²) in [6, 6.07) is 0.563. The molecule has 1 aromatic rings. The van der Waals surface area contributed by atoms with E-state index >= 15 is 0 Å². The second-order valence-corrected chi connectivity index (χ2v) is 17.5. The summed E-state index contributed by atoms with van der Waals surface area (Å²) >= 11 is 0. The average Bonchev–Trinajstić information content (AvgIpc) is 3.56. The maximum Gasteiger partial charge on any atom is 0.198 e. The van der Waals surface area contributed by atoms with Gasteiger partial charge in [-0.25, -0.2) is 0 Å². The third-order valence-corrected chi connectivity index (χ3v) is 11.2. The summed E-state index contributed by atoms with van der Waals surface area (Å²) in [7, 11) is 2.37. The molecule has 1 radical (unpaired) electrons. The van der Waals surface area contributed by atoms with Gasteiger partial charge in [0, 0.05) is 35.1 Å². The summed E-state index contributed by atoms with van der Waals surface area (Å²) in [6.07, 6.45) is 41.2. The van der Waals surface area contributed by atoms with Gasteiger partial charge < -0.3 is 14.6 Å². The van der Waals surface area contributed by atoms with Gasteiger partial charge in [-0.2, -0.15) is 0 Å². The van der Waals surface area contributed by atoms with Crippen molar-refractivity contribution in [1.29, 1.82) is 0 Å². The van der Waals surface area contributed by atoms with Crippen LogP contribution in [-0.2, 0) is 10.8 Å². The molecule has 0 aromatic carbocycles. The molecule has 3 nitrogen and oxygen atoms in total. The Morgan fingerprint density at radius 3 is 2.32 bits per heavy atom. The molecule has 1 heterocycles. The van der Waals surface area contributed by atoms with E-state index in [9.17, 15) is 0 Å². The van der Waals surface area contributed by atoms with Crippen LogP contribution >= 0.6 is 0 Å². The predicted octanol–water partition coefficient (Wildman–Crippen LogP) is 12.5.